The molecule has 0 aliphatic rings. The summed E-state index contributed by atoms with van der Waals surface area (Å²) in [5, 5.41) is 8.12. The molecule has 0 saturated heterocycles. The molecule has 0 aliphatic carbocycles. The summed E-state index contributed by atoms with van der Waals surface area (Å²) < 4.78 is 1.61. The van der Waals surface area contributed by atoms with E-state index < -0.39 is 0 Å². The average Bonchev–Trinajstić information content (AvgIpc) is 2.94. The van der Waals surface area contributed by atoms with Gasteiger partial charge in [-0.15, -0.1) is 0 Å². The lowest BCUT2D eigenvalue weighted by molar-refractivity contribution is -0.116. The Labute approximate surface area is 178 Å². The number of nitrogens with one attached hydrogen (secondary N) is 2. The number of hydrogen-bond donors (Lipinski definition) is 2. The first-order valence-electron chi connectivity index (χ1n) is 9.05. The smallest absolute Gasteiger partial charge is 0.255 e. The van der Waals surface area contributed by atoms with E-state index in [4.69, 9.17) is 23.2 Å². The molecule has 0 unspecified atom stereocenters. The van der Waals surface area contributed by atoms with Gasteiger partial charge in [0.2, 0.25) is 11.9 Å². The van der Waals surface area contributed by atoms with Crippen LogP contribution in [0.3, 0.4) is 0 Å². The van der Waals surface area contributed by atoms with Crippen LogP contribution in [0.1, 0.15) is 34.6 Å². The highest BCUT2D eigenvalue weighted by Gasteiger charge is 2.16. The maximum absolute atomic E-state index is 12.3. The third kappa shape index (κ3) is 4.52. The van der Waals surface area contributed by atoms with E-state index in [-0.39, 0.29) is 17.9 Å². The van der Waals surface area contributed by atoms with E-state index >= 15 is 0 Å². The number of nitrogens with zero attached hydrogens (tertiary/aromatic N) is 3. The highest BCUT2D eigenvalue weighted by atomic mass is 35.5. The molecule has 3 rings (SSSR count). The maximum atomic E-state index is 12.3. The number of anilines is 1. The van der Waals surface area contributed by atoms with Crippen molar-refractivity contribution >= 4 is 34.8 Å². The molecule has 0 spiro atoms. The van der Waals surface area contributed by atoms with Crippen molar-refractivity contribution in [2.45, 2.75) is 40.5 Å². The Bertz CT molecular complexity index is 1150. The topological polar surface area (TPSA) is 92.7 Å². The molecule has 0 fully saturated rings. The van der Waals surface area contributed by atoms with Crippen molar-refractivity contribution < 1.29 is 4.79 Å². The predicted octanol–water partition coefficient (Wildman–Crippen LogP) is 4.07. The van der Waals surface area contributed by atoms with Crippen LogP contribution in [0.2, 0.25) is 10.0 Å². The summed E-state index contributed by atoms with van der Waals surface area (Å²) in [6, 6.07) is 4.94. The van der Waals surface area contributed by atoms with Gasteiger partial charge in [0.1, 0.15) is 0 Å². The fourth-order valence-corrected chi connectivity index (χ4v) is 3.31. The number of aromatic nitrogens is 4. The molecule has 29 heavy (non-hydrogen) atoms. The minimum absolute atomic E-state index is 0.146. The number of H-pyrrole nitrogens is 1. The van der Waals surface area contributed by atoms with E-state index in [0.717, 1.165) is 17.0 Å². The first kappa shape index (κ1) is 21.1. The van der Waals surface area contributed by atoms with Crippen molar-refractivity contribution in [2.24, 2.45) is 0 Å². The molecule has 152 valence electrons. The third-order valence-corrected chi connectivity index (χ3v) is 5.57. The van der Waals surface area contributed by atoms with Gasteiger partial charge in [-0.1, -0.05) is 23.2 Å². The highest BCUT2D eigenvalue weighted by Crippen LogP contribution is 2.25. The summed E-state index contributed by atoms with van der Waals surface area (Å²) in [5.74, 6) is 0.220. The number of benzene rings is 1. The van der Waals surface area contributed by atoms with E-state index in [2.05, 4.69) is 20.4 Å². The monoisotopic (exact) mass is 433 g/mol. The molecule has 2 N–H and O–H groups in total. The van der Waals surface area contributed by atoms with Crippen molar-refractivity contribution in [3.63, 3.8) is 0 Å². The number of halogens is 2. The van der Waals surface area contributed by atoms with Crippen LogP contribution in [0.15, 0.2) is 23.0 Å². The van der Waals surface area contributed by atoms with Crippen molar-refractivity contribution in [2.75, 3.05) is 5.32 Å². The van der Waals surface area contributed by atoms with Crippen molar-refractivity contribution in [1.82, 2.24) is 19.7 Å². The number of aromatic amines is 1. The van der Waals surface area contributed by atoms with Gasteiger partial charge >= 0.3 is 0 Å². The van der Waals surface area contributed by atoms with Gasteiger partial charge in [0.25, 0.3) is 5.56 Å². The van der Waals surface area contributed by atoms with E-state index in [1.807, 2.05) is 13.8 Å². The highest BCUT2D eigenvalue weighted by molar-refractivity contribution is 6.42. The maximum Gasteiger partial charge on any atom is 0.255 e. The first-order valence-corrected chi connectivity index (χ1v) is 9.81. The third-order valence-electron chi connectivity index (χ3n) is 4.83. The van der Waals surface area contributed by atoms with Crippen LogP contribution in [0.25, 0.3) is 5.95 Å². The van der Waals surface area contributed by atoms with Crippen LogP contribution < -0.4 is 10.9 Å². The number of carbonyl (C=O) groups is 1. The van der Waals surface area contributed by atoms with Gasteiger partial charge in [0, 0.05) is 29.1 Å². The Kier molecular flexibility index (Phi) is 6.10. The average molecular weight is 434 g/mol. The number of amides is 1. The fraction of sp³-hybridized carbons (Fsp3) is 0.300. The van der Waals surface area contributed by atoms with Gasteiger partial charge in [0.05, 0.1) is 15.7 Å². The molecule has 2 aromatic heterocycles. The van der Waals surface area contributed by atoms with E-state index in [1.54, 1.807) is 36.7 Å². The van der Waals surface area contributed by atoms with Gasteiger partial charge in [-0.05, 0) is 57.9 Å². The Morgan fingerprint density at radius 2 is 1.86 bits per heavy atom. The van der Waals surface area contributed by atoms with Gasteiger partial charge < -0.3 is 5.32 Å². The Morgan fingerprint density at radius 1 is 1.14 bits per heavy atom. The second kappa shape index (κ2) is 8.39. The molecule has 1 aromatic carbocycles. The number of hydrogen-bond acceptors (Lipinski definition) is 4. The lowest BCUT2D eigenvalue weighted by Gasteiger charge is -2.08. The molecule has 2 heterocycles. The number of carbonyl (C=O) groups excluding carboxylic acids is 1. The zero-order chi connectivity index (χ0) is 21.3. The molecule has 0 atom stereocenters. The zero-order valence-electron chi connectivity index (χ0n) is 16.6. The van der Waals surface area contributed by atoms with Gasteiger partial charge in [0.15, 0.2) is 0 Å². The van der Waals surface area contributed by atoms with Gasteiger partial charge in [-0.2, -0.15) is 5.10 Å². The Morgan fingerprint density at radius 3 is 2.52 bits per heavy atom. The normalized spacial score (nSPS) is 11.0. The molecule has 3 aromatic rings. The molecular formula is C20H21Cl2N5O2. The largest absolute Gasteiger partial charge is 0.326 e. The molecule has 7 nitrogen and oxygen atoms in total. The number of aryl methyl sites for hydroxylation is 2. The standard InChI is InChI=1S/C20H21Cl2N5O2/c1-10-11(2)23-20(25-19(10)29)27-13(4)15(12(3)26-27)6-8-18(28)24-14-5-7-16(21)17(22)9-14/h5,7,9H,6,8H2,1-4H3,(H,24,28)(H,23,25,29). The molecule has 0 aliphatic heterocycles. The SMILES string of the molecule is Cc1nn(-c2nc(C)c(C)c(=O)[nH]2)c(C)c1CCC(=O)Nc1ccc(Cl)c(Cl)c1. The lowest BCUT2D eigenvalue weighted by Crippen LogP contribution is -2.18. The van der Waals surface area contributed by atoms with E-state index in [1.165, 1.54) is 0 Å². The summed E-state index contributed by atoms with van der Waals surface area (Å²) >= 11 is 11.9. The van der Waals surface area contributed by atoms with Gasteiger partial charge in [-0.25, -0.2) is 9.67 Å². The van der Waals surface area contributed by atoms with Crippen LogP contribution in [-0.2, 0) is 11.2 Å². The van der Waals surface area contributed by atoms with Gasteiger partial charge in [-0.3, -0.25) is 14.6 Å². The summed E-state index contributed by atoms with van der Waals surface area (Å²) in [6.45, 7) is 7.27. The Balaban J connectivity index is 1.76. The molecule has 0 bridgehead atoms. The molecule has 0 radical (unpaired) electrons. The molecule has 0 saturated carbocycles. The van der Waals surface area contributed by atoms with Crippen LogP contribution in [0, 0.1) is 27.7 Å². The molecule has 1 amide bonds. The van der Waals surface area contributed by atoms with Crippen LogP contribution in [0.4, 0.5) is 5.69 Å². The lowest BCUT2D eigenvalue weighted by atomic mass is 10.1. The summed E-state index contributed by atoms with van der Waals surface area (Å²) in [5.41, 5.74) is 4.18. The summed E-state index contributed by atoms with van der Waals surface area (Å²) in [6.07, 6.45) is 0.768. The first-order chi connectivity index (χ1) is 13.7. The van der Waals surface area contributed by atoms with Crippen molar-refractivity contribution in [3.8, 4) is 5.95 Å². The van der Waals surface area contributed by atoms with Crippen molar-refractivity contribution in [1.29, 1.82) is 0 Å². The minimum atomic E-state index is -0.192. The molecular weight excluding hydrogens is 413 g/mol. The minimum Gasteiger partial charge on any atom is -0.326 e. The predicted molar refractivity (Wildman–Crippen MR) is 114 cm³/mol. The second-order valence-electron chi connectivity index (χ2n) is 6.84. The summed E-state index contributed by atoms with van der Waals surface area (Å²) in [7, 11) is 0. The van der Waals surface area contributed by atoms with E-state index in [9.17, 15) is 9.59 Å². The zero-order valence-corrected chi connectivity index (χ0v) is 18.1. The fourth-order valence-electron chi connectivity index (χ4n) is 3.01. The number of rotatable bonds is 5. The molecule has 9 heteroatoms. The summed E-state index contributed by atoms with van der Waals surface area (Å²) in [4.78, 5) is 31.6. The van der Waals surface area contributed by atoms with Crippen molar-refractivity contribution in [3.05, 3.63) is 66.8 Å². The van der Waals surface area contributed by atoms with E-state index in [0.29, 0.717) is 39.4 Å². The second-order valence-corrected chi connectivity index (χ2v) is 7.65. The quantitative estimate of drug-likeness (QED) is 0.633. The van der Waals surface area contributed by atoms with Crippen LogP contribution in [0.5, 0.6) is 0 Å². The van der Waals surface area contributed by atoms with Crippen LogP contribution in [-0.4, -0.2) is 25.7 Å². The Hall–Kier alpha value is -2.64. The van der Waals surface area contributed by atoms with Crippen LogP contribution >= 0.6 is 23.2 Å².